The van der Waals surface area contributed by atoms with Gasteiger partial charge in [0.25, 0.3) is 0 Å². The highest BCUT2D eigenvalue weighted by Crippen LogP contribution is 2.06. The zero-order chi connectivity index (χ0) is 10.4. The minimum Gasteiger partial charge on any atom is -0.261 e. The summed E-state index contributed by atoms with van der Waals surface area (Å²) in [5.74, 6) is 0. The van der Waals surface area contributed by atoms with Crippen molar-refractivity contribution >= 4 is 0 Å². The van der Waals surface area contributed by atoms with Gasteiger partial charge in [-0.1, -0.05) is 0 Å². The summed E-state index contributed by atoms with van der Waals surface area (Å²) < 4.78 is 29.0. The van der Waals surface area contributed by atoms with Crippen LogP contribution in [0.3, 0.4) is 0 Å². The molecule has 0 unspecified atom stereocenters. The van der Waals surface area contributed by atoms with E-state index < -0.39 is 6.68 Å². The van der Waals surface area contributed by atoms with Crippen LogP contribution in [0.5, 0.6) is 0 Å². The Hall–Kier alpha value is -1.06. The molecule has 4 heteroatoms. The lowest BCUT2D eigenvalue weighted by Crippen LogP contribution is -1.87. The molecule has 0 atom stereocenters. The summed E-state index contributed by atoms with van der Waals surface area (Å²) in [5.41, 5.74) is 3.76. The van der Waals surface area contributed by atoms with E-state index in [1.807, 2.05) is 19.2 Å². The Morgan fingerprint density at radius 3 is 1.92 bits per heavy atom. The van der Waals surface area contributed by atoms with Crippen LogP contribution in [0.1, 0.15) is 16.8 Å². The Balaban J connectivity index is 0.000000310. The van der Waals surface area contributed by atoms with Gasteiger partial charge in [0.2, 0.25) is 0 Å². The average Bonchev–Trinajstić information content (AvgIpc) is 1.99. The number of pyridine rings is 1. The zero-order valence-corrected chi connectivity index (χ0v) is 7.81. The van der Waals surface area contributed by atoms with Crippen LogP contribution >= 0.6 is 0 Å². The summed E-state index contributed by atoms with van der Waals surface area (Å²) in [5, 5.41) is 0. The number of hydrogen-bond donors (Lipinski definition) is 0. The maximum atomic E-state index is 9.67. The number of hydrogen-bond acceptors (Lipinski definition) is 1. The van der Waals surface area contributed by atoms with E-state index in [2.05, 4.69) is 18.8 Å². The third kappa shape index (κ3) is 5.22. The van der Waals surface area contributed by atoms with Crippen LogP contribution in [0.15, 0.2) is 12.3 Å². The highest BCUT2D eigenvalue weighted by molar-refractivity contribution is 5.25. The van der Waals surface area contributed by atoms with Crippen molar-refractivity contribution in [2.75, 3.05) is 0 Å². The van der Waals surface area contributed by atoms with Crippen LogP contribution in [0.4, 0.5) is 13.2 Å². The summed E-state index contributed by atoms with van der Waals surface area (Å²) in [7, 11) is 0. The summed E-state index contributed by atoms with van der Waals surface area (Å²) in [4.78, 5) is 4.14. The van der Waals surface area contributed by atoms with Crippen molar-refractivity contribution < 1.29 is 13.2 Å². The summed E-state index contributed by atoms with van der Waals surface area (Å²) >= 11 is 0. The average molecular weight is 191 g/mol. The summed E-state index contributed by atoms with van der Waals surface area (Å²) in [6.45, 7) is 2.56. The first-order valence-corrected chi connectivity index (χ1v) is 3.76. The number of rotatable bonds is 0. The third-order valence-corrected chi connectivity index (χ3v) is 1.73. The fraction of sp³-hybridized carbons (Fsp3) is 0.444. The van der Waals surface area contributed by atoms with Gasteiger partial charge >= 0.3 is 6.68 Å². The van der Waals surface area contributed by atoms with Crippen LogP contribution in [0, 0.1) is 20.8 Å². The fourth-order valence-corrected chi connectivity index (χ4v) is 0.768. The van der Waals surface area contributed by atoms with Crippen LogP contribution in [0.2, 0.25) is 0 Å². The molecule has 0 aliphatic rings. The van der Waals surface area contributed by atoms with Crippen LogP contribution in [0.25, 0.3) is 0 Å². The molecular formula is C9H12F3N. The van der Waals surface area contributed by atoms with Crippen molar-refractivity contribution in [3.05, 3.63) is 29.1 Å². The maximum Gasteiger partial charge on any atom is 0.379 e. The molecule has 0 radical (unpaired) electrons. The molecule has 0 saturated carbocycles. The van der Waals surface area contributed by atoms with Crippen molar-refractivity contribution in [1.82, 2.24) is 4.98 Å². The second kappa shape index (κ2) is 5.56. The Morgan fingerprint density at radius 2 is 1.62 bits per heavy atom. The van der Waals surface area contributed by atoms with Crippen molar-refractivity contribution in [2.45, 2.75) is 27.5 Å². The molecule has 0 fully saturated rings. The van der Waals surface area contributed by atoms with Gasteiger partial charge in [0.05, 0.1) is 0 Å². The standard InChI is InChI=1S/C8H11N.CHF3/c1-6-4-5-9-8(3)7(6)2;2-1(3)4/h4-5H,1-3H3;1H. The summed E-state index contributed by atoms with van der Waals surface area (Å²) in [6, 6.07) is 2.03. The molecule has 1 aromatic heterocycles. The van der Waals surface area contributed by atoms with Gasteiger partial charge in [0.15, 0.2) is 0 Å². The largest absolute Gasteiger partial charge is 0.379 e. The summed E-state index contributed by atoms with van der Waals surface area (Å²) in [6.07, 6.45) is 1.84. The molecule has 0 aliphatic heterocycles. The second-order valence-corrected chi connectivity index (χ2v) is 2.59. The normalized spacial score (nSPS) is 9.46. The predicted octanol–water partition coefficient (Wildman–Crippen LogP) is 3.19. The molecule has 1 nitrogen and oxygen atoms in total. The van der Waals surface area contributed by atoms with Crippen molar-refractivity contribution in [2.24, 2.45) is 0 Å². The van der Waals surface area contributed by atoms with E-state index in [1.165, 1.54) is 11.1 Å². The SMILES string of the molecule is Cc1ccnc(C)c1C.FC(F)F. The molecule has 0 saturated heterocycles. The van der Waals surface area contributed by atoms with E-state index in [4.69, 9.17) is 0 Å². The van der Waals surface area contributed by atoms with Crippen molar-refractivity contribution in [1.29, 1.82) is 0 Å². The molecule has 1 rings (SSSR count). The highest BCUT2D eigenvalue weighted by atomic mass is 19.4. The van der Waals surface area contributed by atoms with Gasteiger partial charge in [-0.15, -0.1) is 0 Å². The minimum absolute atomic E-state index is 1.13. The topological polar surface area (TPSA) is 12.9 Å². The van der Waals surface area contributed by atoms with Gasteiger partial charge in [0, 0.05) is 11.9 Å². The van der Waals surface area contributed by atoms with Gasteiger partial charge in [0.1, 0.15) is 0 Å². The Labute approximate surface area is 75.6 Å². The van der Waals surface area contributed by atoms with E-state index in [-0.39, 0.29) is 0 Å². The van der Waals surface area contributed by atoms with Gasteiger partial charge < -0.3 is 0 Å². The van der Waals surface area contributed by atoms with Gasteiger partial charge in [-0.3, -0.25) is 4.98 Å². The number of halogens is 3. The smallest absolute Gasteiger partial charge is 0.261 e. The van der Waals surface area contributed by atoms with Crippen molar-refractivity contribution in [3.63, 3.8) is 0 Å². The van der Waals surface area contributed by atoms with Crippen LogP contribution in [-0.4, -0.2) is 11.7 Å². The molecule has 13 heavy (non-hydrogen) atoms. The number of alkyl halides is 3. The van der Waals surface area contributed by atoms with E-state index in [0.717, 1.165) is 5.69 Å². The van der Waals surface area contributed by atoms with E-state index >= 15 is 0 Å². The Kier molecular flexibility index (Phi) is 5.11. The first kappa shape index (κ1) is 11.9. The first-order valence-electron chi connectivity index (χ1n) is 3.76. The van der Waals surface area contributed by atoms with Gasteiger partial charge in [-0.25, -0.2) is 0 Å². The van der Waals surface area contributed by atoms with Crippen molar-refractivity contribution in [3.8, 4) is 0 Å². The fourth-order valence-electron chi connectivity index (χ4n) is 0.768. The van der Waals surface area contributed by atoms with E-state index in [1.54, 1.807) is 0 Å². The number of nitrogens with zero attached hydrogens (tertiary/aromatic N) is 1. The van der Waals surface area contributed by atoms with Gasteiger partial charge in [-0.05, 0) is 38.0 Å². The number of aryl methyl sites for hydroxylation is 2. The molecule has 1 aromatic rings. The van der Waals surface area contributed by atoms with Crippen LogP contribution in [-0.2, 0) is 0 Å². The van der Waals surface area contributed by atoms with E-state index in [0.29, 0.717) is 0 Å². The molecule has 74 valence electrons. The molecule has 0 aliphatic carbocycles. The quantitative estimate of drug-likeness (QED) is 0.613. The molecule has 0 amide bonds. The van der Waals surface area contributed by atoms with Gasteiger partial charge in [-0.2, -0.15) is 13.2 Å². The minimum atomic E-state index is -3.67. The lowest BCUT2D eigenvalue weighted by molar-refractivity contribution is 0.00819. The second-order valence-electron chi connectivity index (χ2n) is 2.59. The Morgan fingerprint density at radius 1 is 1.15 bits per heavy atom. The zero-order valence-electron chi connectivity index (χ0n) is 7.81. The molecule has 0 spiro atoms. The molecule has 0 aromatic carbocycles. The first-order chi connectivity index (χ1) is 5.95. The Bertz CT molecular complexity index is 238. The van der Waals surface area contributed by atoms with Crippen LogP contribution < -0.4 is 0 Å². The monoisotopic (exact) mass is 191 g/mol. The molecule has 0 N–H and O–H groups in total. The molecular weight excluding hydrogens is 179 g/mol. The molecule has 0 bridgehead atoms. The highest BCUT2D eigenvalue weighted by Gasteiger charge is 1.93. The number of aromatic nitrogens is 1. The third-order valence-electron chi connectivity index (χ3n) is 1.73. The molecule has 1 heterocycles. The lowest BCUT2D eigenvalue weighted by atomic mass is 10.1. The van der Waals surface area contributed by atoms with E-state index in [9.17, 15) is 13.2 Å². The maximum absolute atomic E-state index is 9.67. The lowest BCUT2D eigenvalue weighted by Gasteiger charge is -1.99. The predicted molar refractivity (Wildman–Crippen MR) is 45.6 cm³/mol.